The van der Waals surface area contributed by atoms with E-state index in [4.69, 9.17) is 14.6 Å². The number of hydrogen-bond donors (Lipinski definition) is 3. The molecule has 206 valence electrons. The number of sulfonamides is 1. The van der Waals surface area contributed by atoms with Gasteiger partial charge in [0.05, 0.1) is 52.7 Å². The quantitative estimate of drug-likeness (QED) is 0.319. The molecular weight excluding hydrogens is 541 g/mol. The molecule has 40 heavy (non-hydrogen) atoms. The second-order valence-corrected chi connectivity index (χ2v) is 11.7. The van der Waals surface area contributed by atoms with E-state index in [1.165, 1.54) is 24.0 Å². The van der Waals surface area contributed by atoms with Crippen molar-refractivity contribution in [3.05, 3.63) is 45.8 Å². The first kappa shape index (κ1) is 22.3. The summed E-state index contributed by atoms with van der Waals surface area (Å²) in [7, 11) is -2.33. The fraction of sp³-hybridized carbons (Fsp3) is 0.320. The number of aromatic amines is 1. The summed E-state index contributed by atoms with van der Waals surface area (Å²) in [6.07, 6.45) is 3.46. The number of pyridine rings is 1. The lowest BCUT2D eigenvalue weighted by Crippen LogP contribution is -2.45. The van der Waals surface area contributed by atoms with Crippen LogP contribution in [0.15, 0.2) is 23.1 Å². The highest BCUT2D eigenvalue weighted by Gasteiger charge is 2.53. The third kappa shape index (κ3) is 3.79. The number of ether oxygens (including phenoxy) is 1. The Bertz CT molecular complexity index is 2050. The van der Waals surface area contributed by atoms with Crippen LogP contribution in [0.5, 0.6) is 5.75 Å². The molecule has 3 aromatic heterocycles. The molecule has 1 fully saturated rings. The van der Waals surface area contributed by atoms with Crippen LogP contribution in [0.2, 0.25) is 0 Å². The van der Waals surface area contributed by atoms with Gasteiger partial charge in [-0.1, -0.05) is 0 Å². The molecule has 4 aromatic rings. The van der Waals surface area contributed by atoms with Gasteiger partial charge in [-0.2, -0.15) is 15.5 Å². The third-order valence-corrected chi connectivity index (χ3v) is 8.29. The van der Waals surface area contributed by atoms with Crippen molar-refractivity contribution in [1.29, 1.82) is 5.26 Å². The van der Waals surface area contributed by atoms with Crippen LogP contribution in [0.4, 0.5) is 15.9 Å². The zero-order valence-electron chi connectivity index (χ0n) is 24.2. The molecule has 0 radical (unpaired) electrons. The smallest absolute Gasteiger partial charge is 0.275 e. The Labute approximate surface area is 231 Å². The molecule has 6 rings (SSSR count). The highest BCUT2D eigenvalue weighted by Crippen LogP contribution is 2.53. The van der Waals surface area contributed by atoms with Gasteiger partial charge in [0.1, 0.15) is 28.9 Å². The molecule has 0 unspecified atom stereocenters. The van der Waals surface area contributed by atoms with E-state index in [-0.39, 0.29) is 74.9 Å². The van der Waals surface area contributed by atoms with Crippen molar-refractivity contribution in [2.45, 2.75) is 25.0 Å². The van der Waals surface area contributed by atoms with Crippen molar-refractivity contribution in [3.63, 3.8) is 0 Å². The number of fused-ring (bicyclic) bond motifs is 2. The fourth-order valence-electron chi connectivity index (χ4n) is 5.08. The summed E-state index contributed by atoms with van der Waals surface area (Å²) in [6.45, 7) is -2.86. The molecule has 1 aromatic carbocycles. The molecule has 4 heterocycles. The van der Waals surface area contributed by atoms with Crippen LogP contribution >= 0.6 is 0 Å². The van der Waals surface area contributed by atoms with Crippen molar-refractivity contribution < 1.29 is 21.7 Å². The van der Waals surface area contributed by atoms with Gasteiger partial charge in [0.25, 0.3) is 5.56 Å². The second-order valence-electron chi connectivity index (χ2n) is 9.76. The van der Waals surface area contributed by atoms with Crippen molar-refractivity contribution in [2.75, 3.05) is 29.4 Å². The minimum atomic E-state index is -3.84. The highest BCUT2D eigenvalue weighted by molar-refractivity contribution is 7.92. The van der Waals surface area contributed by atoms with Gasteiger partial charge < -0.3 is 15.8 Å². The third-order valence-electron chi connectivity index (χ3n) is 7.16. The predicted octanol–water partition coefficient (Wildman–Crippen LogP) is 1.59. The summed E-state index contributed by atoms with van der Waals surface area (Å²) < 4.78 is 73.0. The maximum Gasteiger partial charge on any atom is 0.275 e. The number of nitrogens with one attached hydrogen (secondary N) is 2. The number of rotatable bonds is 5. The van der Waals surface area contributed by atoms with Crippen LogP contribution < -0.4 is 25.7 Å². The van der Waals surface area contributed by atoms with Gasteiger partial charge >= 0.3 is 0 Å². The van der Waals surface area contributed by atoms with Gasteiger partial charge in [0.2, 0.25) is 10.0 Å². The summed E-state index contributed by atoms with van der Waals surface area (Å²) in [5.41, 5.74) is 4.31. The highest BCUT2D eigenvalue weighted by atomic mass is 32.2. The van der Waals surface area contributed by atoms with Crippen molar-refractivity contribution in [2.24, 2.45) is 12.8 Å². The van der Waals surface area contributed by atoms with Crippen molar-refractivity contribution in [3.8, 4) is 34.3 Å². The monoisotopic (exact) mass is 568 g/mol. The molecule has 0 amide bonds. The van der Waals surface area contributed by atoms with E-state index in [2.05, 4.69) is 25.6 Å². The van der Waals surface area contributed by atoms with E-state index in [0.29, 0.717) is 12.8 Å². The maximum absolute atomic E-state index is 16.1. The van der Waals surface area contributed by atoms with E-state index in [1.807, 2.05) is 6.07 Å². The first-order chi connectivity index (χ1) is 20.2. The summed E-state index contributed by atoms with van der Waals surface area (Å²) in [5, 5.41) is 23.2. The van der Waals surface area contributed by atoms with Gasteiger partial charge in [-0.3, -0.25) is 13.8 Å². The first-order valence-corrected chi connectivity index (χ1v) is 13.9. The lowest BCUT2D eigenvalue weighted by Gasteiger charge is -2.36. The van der Waals surface area contributed by atoms with Gasteiger partial charge in [0, 0.05) is 41.7 Å². The van der Waals surface area contributed by atoms with Crippen LogP contribution in [0.1, 0.15) is 28.2 Å². The summed E-state index contributed by atoms with van der Waals surface area (Å²) in [6, 6.07) is 4.44. The lowest BCUT2D eigenvalue weighted by molar-refractivity contribution is 0.177. The van der Waals surface area contributed by atoms with Crippen LogP contribution in [0, 0.1) is 17.1 Å². The Balaban J connectivity index is 1.63. The zero-order valence-corrected chi connectivity index (χ0v) is 22.1. The molecular formula is C25H24FN9O4S. The van der Waals surface area contributed by atoms with Crippen molar-refractivity contribution >= 4 is 32.3 Å². The zero-order chi connectivity index (χ0) is 31.1. The number of nitrogens with zero attached hydrogens (tertiary/aromatic N) is 6. The number of nitrogens with two attached hydrogens (primary N) is 1. The van der Waals surface area contributed by atoms with E-state index in [1.54, 1.807) is 0 Å². The number of aromatic nitrogens is 5. The van der Waals surface area contributed by atoms with Crippen LogP contribution in [0.25, 0.3) is 33.3 Å². The Morgan fingerprint density at radius 1 is 1.40 bits per heavy atom. The summed E-state index contributed by atoms with van der Waals surface area (Å²) in [5.74, 6) is -1.29. The Morgan fingerprint density at radius 3 is 2.83 bits per heavy atom. The molecule has 0 atom stereocenters. The second kappa shape index (κ2) is 8.73. The topological polar surface area (TPSA) is 185 Å². The predicted molar refractivity (Wildman–Crippen MR) is 145 cm³/mol. The molecule has 1 aliphatic heterocycles. The SMILES string of the molecule is [2H]C([2H])([2H])Nc1nc(-c2cnn(C)c2-c2c(F)cc3c(c2C#N)OC2(CC2)CN3S(C)(=O)=O)cc2c(CN)n[nH]c(=O)c12. The van der Waals surface area contributed by atoms with E-state index >= 15 is 4.39 Å². The van der Waals surface area contributed by atoms with Gasteiger partial charge in [-0.25, -0.2) is 22.9 Å². The number of H-pyrrole nitrogens is 1. The molecule has 1 spiro atoms. The van der Waals surface area contributed by atoms with E-state index in [9.17, 15) is 18.5 Å². The Kier molecular flexibility index (Phi) is 4.86. The molecule has 15 heteroatoms. The standard InChI is InChI=1S/C25H24FN9O4S/c1-29-23-20-12(17(9-28)32-33-24(20)36)6-16(31-23)14-10-30-34(2)21(14)19-13(8-27)22-18(7-15(19)26)35(40(3,37)38)11-25(39-22)4-5-25/h6-7,10H,4-5,9,11,28H2,1-3H3,(H,29,31)(H,33,36)/i1D3. The normalized spacial score (nSPS) is 17.0. The number of aryl methyl sites for hydroxylation is 1. The molecule has 0 saturated heterocycles. The fourth-order valence-corrected chi connectivity index (χ4v) is 6.04. The van der Waals surface area contributed by atoms with Gasteiger partial charge in [0.15, 0.2) is 5.75 Å². The van der Waals surface area contributed by atoms with Crippen LogP contribution in [0.3, 0.4) is 0 Å². The molecule has 0 bridgehead atoms. The largest absolute Gasteiger partial charge is 0.482 e. The number of nitriles is 1. The summed E-state index contributed by atoms with van der Waals surface area (Å²) in [4.78, 5) is 17.1. The number of benzene rings is 1. The number of halogens is 1. The number of hydrogen-bond acceptors (Lipinski definition) is 10. The summed E-state index contributed by atoms with van der Waals surface area (Å²) >= 11 is 0. The average molecular weight is 569 g/mol. The van der Waals surface area contributed by atoms with Gasteiger partial charge in [-0.15, -0.1) is 0 Å². The molecule has 1 saturated carbocycles. The lowest BCUT2D eigenvalue weighted by atomic mass is 9.96. The number of anilines is 2. The maximum atomic E-state index is 16.1. The Hall–Kier alpha value is -4.55. The van der Waals surface area contributed by atoms with Crippen LogP contribution in [-0.4, -0.2) is 58.8 Å². The van der Waals surface area contributed by atoms with Gasteiger partial charge in [-0.05, 0) is 18.9 Å². The van der Waals surface area contributed by atoms with Crippen molar-refractivity contribution in [1.82, 2.24) is 25.0 Å². The minimum absolute atomic E-state index is 0.00360. The first-order valence-electron chi connectivity index (χ1n) is 13.5. The van der Waals surface area contributed by atoms with E-state index < -0.39 is 34.0 Å². The van der Waals surface area contributed by atoms with E-state index in [0.717, 1.165) is 16.6 Å². The average Bonchev–Trinajstić information content (AvgIpc) is 3.56. The van der Waals surface area contributed by atoms with Crippen LogP contribution in [-0.2, 0) is 23.6 Å². The Morgan fingerprint density at radius 2 is 2.17 bits per heavy atom. The molecule has 1 aliphatic carbocycles. The minimum Gasteiger partial charge on any atom is -0.482 e. The molecule has 4 N–H and O–H groups in total. The molecule has 13 nitrogen and oxygen atoms in total. The molecule has 2 aliphatic rings.